The molecule has 0 saturated carbocycles. The van der Waals surface area contributed by atoms with Gasteiger partial charge >= 0.3 is 0 Å². The number of pyridine rings is 2. The average molecular weight is 337 g/mol. The first-order valence-electron chi connectivity index (χ1n) is 8.92. The Morgan fingerprint density at radius 2 is 1.96 bits per heavy atom. The van der Waals surface area contributed by atoms with E-state index in [4.69, 9.17) is 9.47 Å². The van der Waals surface area contributed by atoms with Gasteiger partial charge in [-0.3, -0.25) is 0 Å². The standard InChI is InChI=1S/C20H23N3O2/c1-24-18-13-16-12-15-6-4-7-21-20(15)22-17(16)14-19(18)25-11-5-10-23-8-2-3-9-23/h4,6-7,12-14H,2-3,5,8-11H2,1H3. The molecule has 2 aromatic heterocycles. The molecule has 130 valence electrons. The Balaban J connectivity index is 1.53. The minimum absolute atomic E-state index is 0.685. The van der Waals surface area contributed by atoms with Crippen LogP contribution in [0.1, 0.15) is 19.3 Å². The van der Waals surface area contributed by atoms with E-state index in [9.17, 15) is 0 Å². The number of rotatable bonds is 6. The van der Waals surface area contributed by atoms with Crippen molar-refractivity contribution >= 4 is 21.9 Å². The first-order chi connectivity index (χ1) is 12.3. The third-order valence-corrected chi connectivity index (χ3v) is 4.74. The highest BCUT2D eigenvalue weighted by Gasteiger charge is 2.12. The van der Waals surface area contributed by atoms with E-state index in [1.165, 1.54) is 25.9 Å². The minimum atomic E-state index is 0.685. The van der Waals surface area contributed by atoms with Crippen molar-refractivity contribution in [3.8, 4) is 11.5 Å². The first-order valence-corrected chi connectivity index (χ1v) is 8.92. The molecule has 25 heavy (non-hydrogen) atoms. The van der Waals surface area contributed by atoms with Gasteiger partial charge in [0.15, 0.2) is 17.1 Å². The zero-order chi connectivity index (χ0) is 17.1. The molecular formula is C20H23N3O2. The van der Waals surface area contributed by atoms with Crippen LogP contribution in [0.25, 0.3) is 21.9 Å². The molecule has 0 atom stereocenters. The summed E-state index contributed by atoms with van der Waals surface area (Å²) < 4.78 is 11.5. The molecule has 0 spiro atoms. The summed E-state index contributed by atoms with van der Waals surface area (Å²) in [6, 6.07) is 9.97. The van der Waals surface area contributed by atoms with Gasteiger partial charge in [-0.15, -0.1) is 0 Å². The van der Waals surface area contributed by atoms with Crippen molar-refractivity contribution in [1.29, 1.82) is 0 Å². The summed E-state index contributed by atoms with van der Waals surface area (Å²) in [7, 11) is 1.67. The number of ether oxygens (including phenoxy) is 2. The zero-order valence-electron chi connectivity index (χ0n) is 14.6. The van der Waals surface area contributed by atoms with Gasteiger partial charge in [0.2, 0.25) is 0 Å². The number of hydrogen-bond acceptors (Lipinski definition) is 5. The van der Waals surface area contributed by atoms with E-state index in [1.54, 1.807) is 13.3 Å². The van der Waals surface area contributed by atoms with Crippen molar-refractivity contribution < 1.29 is 9.47 Å². The molecule has 0 aliphatic carbocycles. The van der Waals surface area contributed by atoms with Gasteiger partial charge in [-0.2, -0.15) is 0 Å². The zero-order valence-corrected chi connectivity index (χ0v) is 14.6. The van der Waals surface area contributed by atoms with Crippen molar-refractivity contribution in [3.63, 3.8) is 0 Å². The summed E-state index contributed by atoms with van der Waals surface area (Å²) in [5.41, 5.74) is 1.63. The lowest BCUT2D eigenvalue weighted by molar-refractivity contribution is 0.254. The van der Waals surface area contributed by atoms with Crippen molar-refractivity contribution in [3.05, 3.63) is 36.5 Å². The maximum atomic E-state index is 6.00. The molecule has 0 radical (unpaired) electrons. The van der Waals surface area contributed by atoms with Crippen LogP contribution in [0.4, 0.5) is 0 Å². The molecule has 1 aliphatic rings. The highest BCUT2D eigenvalue weighted by atomic mass is 16.5. The summed E-state index contributed by atoms with van der Waals surface area (Å²) in [6.45, 7) is 4.24. The van der Waals surface area contributed by atoms with E-state index in [0.29, 0.717) is 6.61 Å². The highest BCUT2D eigenvalue weighted by molar-refractivity contribution is 5.92. The van der Waals surface area contributed by atoms with Crippen molar-refractivity contribution in [2.24, 2.45) is 0 Å². The van der Waals surface area contributed by atoms with Gasteiger partial charge < -0.3 is 14.4 Å². The Labute approximate surface area is 147 Å². The fourth-order valence-corrected chi connectivity index (χ4v) is 3.42. The average Bonchev–Trinajstić information content (AvgIpc) is 3.16. The second kappa shape index (κ2) is 7.23. The summed E-state index contributed by atoms with van der Waals surface area (Å²) in [5, 5.41) is 2.05. The van der Waals surface area contributed by atoms with Gasteiger partial charge in [0, 0.05) is 29.6 Å². The normalized spacial score (nSPS) is 15.1. The third kappa shape index (κ3) is 3.51. The molecule has 5 heteroatoms. The highest BCUT2D eigenvalue weighted by Crippen LogP contribution is 2.32. The molecule has 5 nitrogen and oxygen atoms in total. The van der Waals surface area contributed by atoms with Gasteiger partial charge in [0.1, 0.15) is 0 Å². The molecule has 1 saturated heterocycles. The maximum Gasteiger partial charge on any atom is 0.163 e. The first kappa shape index (κ1) is 16.1. The van der Waals surface area contributed by atoms with Crippen LogP contribution >= 0.6 is 0 Å². The fraction of sp³-hybridized carbons (Fsp3) is 0.400. The minimum Gasteiger partial charge on any atom is -0.493 e. The van der Waals surface area contributed by atoms with Crippen LogP contribution in [0, 0.1) is 0 Å². The third-order valence-electron chi connectivity index (χ3n) is 4.74. The number of hydrogen-bond donors (Lipinski definition) is 0. The molecule has 1 aliphatic heterocycles. The summed E-state index contributed by atoms with van der Waals surface area (Å²) in [5.74, 6) is 1.50. The second-order valence-electron chi connectivity index (χ2n) is 6.49. The summed E-state index contributed by atoms with van der Waals surface area (Å²) in [6.07, 6.45) is 5.44. The van der Waals surface area contributed by atoms with Crippen molar-refractivity contribution in [2.45, 2.75) is 19.3 Å². The molecular weight excluding hydrogens is 314 g/mol. The largest absolute Gasteiger partial charge is 0.493 e. The Bertz CT molecular complexity index is 875. The van der Waals surface area contributed by atoms with E-state index < -0.39 is 0 Å². The van der Waals surface area contributed by atoms with Gasteiger partial charge in [-0.25, -0.2) is 9.97 Å². The van der Waals surface area contributed by atoms with Gasteiger partial charge in [-0.1, -0.05) is 0 Å². The quantitative estimate of drug-likeness (QED) is 0.507. The van der Waals surface area contributed by atoms with Crippen molar-refractivity contribution in [2.75, 3.05) is 33.4 Å². The maximum absolute atomic E-state index is 6.00. The predicted octanol–water partition coefficient (Wildman–Crippen LogP) is 3.66. The Hall–Kier alpha value is -2.40. The topological polar surface area (TPSA) is 47.5 Å². The van der Waals surface area contributed by atoms with Gasteiger partial charge in [0.25, 0.3) is 0 Å². The molecule has 0 N–H and O–H groups in total. The number of likely N-dealkylation sites (tertiary alicyclic amines) is 1. The fourth-order valence-electron chi connectivity index (χ4n) is 3.42. The van der Waals surface area contributed by atoms with E-state index in [2.05, 4.69) is 20.9 Å². The number of fused-ring (bicyclic) bond motifs is 2. The number of nitrogens with zero attached hydrogens (tertiary/aromatic N) is 3. The molecule has 1 fully saturated rings. The summed E-state index contributed by atoms with van der Waals surface area (Å²) in [4.78, 5) is 11.5. The monoisotopic (exact) mass is 337 g/mol. The van der Waals surface area contributed by atoms with Crippen molar-refractivity contribution in [1.82, 2.24) is 14.9 Å². The lowest BCUT2D eigenvalue weighted by Crippen LogP contribution is -2.21. The molecule has 3 heterocycles. The lowest BCUT2D eigenvalue weighted by atomic mass is 10.1. The molecule has 0 unspecified atom stereocenters. The van der Waals surface area contributed by atoms with Crippen LogP contribution in [-0.2, 0) is 0 Å². The Morgan fingerprint density at radius 3 is 2.80 bits per heavy atom. The van der Waals surface area contributed by atoms with Crippen LogP contribution in [0.15, 0.2) is 36.5 Å². The second-order valence-corrected chi connectivity index (χ2v) is 6.49. The van der Waals surface area contributed by atoms with E-state index >= 15 is 0 Å². The molecule has 4 rings (SSSR count). The van der Waals surface area contributed by atoms with E-state index in [1.807, 2.05) is 24.3 Å². The van der Waals surface area contributed by atoms with Crippen LogP contribution in [0.5, 0.6) is 11.5 Å². The van der Waals surface area contributed by atoms with Gasteiger partial charge in [0.05, 0.1) is 19.2 Å². The van der Waals surface area contributed by atoms with Crippen LogP contribution in [-0.4, -0.2) is 48.2 Å². The molecule has 0 bridgehead atoms. The number of benzene rings is 1. The van der Waals surface area contributed by atoms with Gasteiger partial charge in [-0.05, 0) is 56.6 Å². The molecule has 1 aromatic carbocycles. The number of methoxy groups -OCH3 is 1. The van der Waals surface area contributed by atoms with Crippen LogP contribution in [0.3, 0.4) is 0 Å². The Kier molecular flexibility index (Phi) is 4.65. The van der Waals surface area contributed by atoms with Crippen LogP contribution in [0.2, 0.25) is 0 Å². The summed E-state index contributed by atoms with van der Waals surface area (Å²) >= 11 is 0. The molecule has 0 amide bonds. The van der Waals surface area contributed by atoms with E-state index in [-0.39, 0.29) is 0 Å². The molecule has 3 aromatic rings. The lowest BCUT2D eigenvalue weighted by Gasteiger charge is -2.15. The SMILES string of the molecule is COc1cc2cc3cccnc3nc2cc1OCCCN1CCCC1. The predicted molar refractivity (Wildman–Crippen MR) is 99.4 cm³/mol. The van der Waals surface area contributed by atoms with E-state index in [0.717, 1.165) is 46.4 Å². The number of aromatic nitrogens is 2. The Morgan fingerprint density at radius 1 is 1.08 bits per heavy atom. The van der Waals surface area contributed by atoms with Crippen LogP contribution < -0.4 is 9.47 Å². The smallest absolute Gasteiger partial charge is 0.163 e.